The number of ether oxygens (including phenoxy) is 2. The summed E-state index contributed by atoms with van der Waals surface area (Å²) in [6.07, 6.45) is 0. The van der Waals surface area contributed by atoms with Gasteiger partial charge in [0, 0.05) is 16.7 Å². The molecule has 0 saturated carbocycles. The molecule has 20 heavy (non-hydrogen) atoms. The van der Waals surface area contributed by atoms with Gasteiger partial charge in [0.15, 0.2) is 11.5 Å². The van der Waals surface area contributed by atoms with Crippen molar-refractivity contribution in [2.75, 3.05) is 12.1 Å². The van der Waals surface area contributed by atoms with E-state index in [0.717, 1.165) is 31.7 Å². The summed E-state index contributed by atoms with van der Waals surface area (Å²) in [6, 6.07) is 9.74. The lowest BCUT2D eigenvalue weighted by molar-refractivity contribution is 0.173. The van der Waals surface area contributed by atoms with E-state index in [1.165, 1.54) is 0 Å². The lowest BCUT2D eigenvalue weighted by Crippen LogP contribution is -1.99. The number of fused-ring (bicyclic) bond motifs is 1. The molecule has 0 fully saturated rings. The first-order chi connectivity index (χ1) is 9.63. The number of benzene rings is 2. The SMILES string of the molecule is Clc1ccc(NCc2cc(Br)c3c(c2)OCO3)cc1Br. The zero-order valence-electron chi connectivity index (χ0n) is 10.3. The Morgan fingerprint density at radius 2 is 1.95 bits per heavy atom. The molecule has 0 radical (unpaired) electrons. The van der Waals surface area contributed by atoms with Gasteiger partial charge in [0.2, 0.25) is 6.79 Å². The van der Waals surface area contributed by atoms with Crippen LogP contribution in [-0.2, 0) is 6.54 Å². The van der Waals surface area contributed by atoms with Gasteiger partial charge < -0.3 is 14.8 Å². The normalized spacial score (nSPS) is 12.6. The van der Waals surface area contributed by atoms with E-state index in [-0.39, 0.29) is 6.79 Å². The molecule has 0 spiro atoms. The largest absolute Gasteiger partial charge is 0.454 e. The van der Waals surface area contributed by atoms with Gasteiger partial charge in [-0.15, -0.1) is 0 Å². The Bertz CT molecular complexity index is 664. The number of rotatable bonds is 3. The van der Waals surface area contributed by atoms with Crippen LogP contribution in [0, 0.1) is 0 Å². The lowest BCUT2D eigenvalue weighted by Gasteiger charge is -2.09. The Labute approximate surface area is 138 Å². The number of hydrogen-bond acceptors (Lipinski definition) is 3. The lowest BCUT2D eigenvalue weighted by atomic mass is 10.2. The summed E-state index contributed by atoms with van der Waals surface area (Å²) in [5.41, 5.74) is 2.10. The maximum absolute atomic E-state index is 5.97. The molecule has 2 aromatic rings. The highest BCUT2D eigenvalue weighted by Crippen LogP contribution is 2.40. The molecule has 3 rings (SSSR count). The number of nitrogens with one attached hydrogen (secondary N) is 1. The molecule has 6 heteroatoms. The first-order valence-electron chi connectivity index (χ1n) is 5.90. The number of halogens is 3. The van der Waals surface area contributed by atoms with Gasteiger partial charge in [-0.3, -0.25) is 0 Å². The molecule has 0 aromatic heterocycles. The van der Waals surface area contributed by atoms with E-state index < -0.39 is 0 Å². The highest BCUT2D eigenvalue weighted by molar-refractivity contribution is 9.10. The van der Waals surface area contributed by atoms with Gasteiger partial charge in [-0.1, -0.05) is 11.6 Å². The van der Waals surface area contributed by atoms with Gasteiger partial charge in [0.25, 0.3) is 0 Å². The highest BCUT2D eigenvalue weighted by Gasteiger charge is 2.17. The van der Waals surface area contributed by atoms with E-state index >= 15 is 0 Å². The van der Waals surface area contributed by atoms with Crippen molar-refractivity contribution in [3.05, 3.63) is 49.9 Å². The van der Waals surface area contributed by atoms with Crippen molar-refractivity contribution >= 4 is 49.1 Å². The maximum atomic E-state index is 5.97. The Morgan fingerprint density at radius 1 is 1.10 bits per heavy atom. The van der Waals surface area contributed by atoms with Crippen molar-refractivity contribution in [2.45, 2.75) is 6.54 Å². The molecule has 1 aliphatic heterocycles. The Morgan fingerprint density at radius 3 is 2.75 bits per heavy atom. The molecule has 2 aromatic carbocycles. The number of anilines is 1. The first-order valence-corrected chi connectivity index (χ1v) is 7.87. The average Bonchev–Trinajstić information content (AvgIpc) is 2.89. The van der Waals surface area contributed by atoms with Gasteiger partial charge in [-0.25, -0.2) is 0 Å². The molecule has 3 nitrogen and oxygen atoms in total. The molecule has 104 valence electrons. The molecule has 1 aliphatic rings. The van der Waals surface area contributed by atoms with Gasteiger partial charge >= 0.3 is 0 Å². The third kappa shape index (κ3) is 2.90. The van der Waals surface area contributed by atoms with Crippen molar-refractivity contribution in [2.24, 2.45) is 0 Å². The van der Waals surface area contributed by atoms with Crippen LogP contribution in [0.4, 0.5) is 5.69 Å². The van der Waals surface area contributed by atoms with Crippen LogP contribution in [0.2, 0.25) is 5.02 Å². The van der Waals surface area contributed by atoms with Crippen LogP contribution < -0.4 is 14.8 Å². The molecule has 0 atom stereocenters. The van der Waals surface area contributed by atoms with Crippen LogP contribution in [0.5, 0.6) is 11.5 Å². The van der Waals surface area contributed by atoms with Crippen LogP contribution >= 0.6 is 43.5 Å². The van der Waals surface area contributed by atoms with Crippen LogP contribution in [0.1, 0.15) is 5.56 Å². The van der Waals surface area contributed by atoms with E-state index in [9.17, 15) is 0 Å². The molecule has 0 bridgehead atoms. The highest BCUT2D eigenvalue weighted by atomic mass is 79.9. The van der Waals surface area contributed by atoms with Crippen molar-refractivity contribution < 1.29 is 9.47 Å². The van der Waals surface area contributed by atoms with Gasteiger partial charge in [0.05, 0.1) is 9.50 Å². The molecule has 0 amide bonds. The van der Waals surface area contributed by atoms with Gasteiger partial charge in [-0.05, 0) is 67.8 Å². The minimum Gasteiger partial charge on any atom is -0.454 e. The Hall–Kier alpha value is -0.910. The van der Waals surface area contributed by atoms with E-state index in [2.05, 4.69) is 37.2 Å². The van der Waals surface area contributed by atoms with Gasteiger partial charge in [-0.2, -0.15) is 0 Å². The quantitative estimate of drug-likeness (QED) is 0.741. The molecular weight excluding hydrogens is 409 g/mol. The summed E-state index contributed by atoms with van der Waals surface area (Å²) in [7, 11) is 0. The average molecular weight is 420 g/mol. The van der Waals surface area contributed by atoms with Crippen LogP contribution in [0.15, 0.2) is 39.3 Å². The summed E-state index contributed by atoms with van der Waals surface area (Å²) >= 11 is 12.9. The fraction of sp³-hybridized carbons (Fsp3) is 0.143. The van der Waals surface area contributed by atoms with Crippen molar-refractivity contribution in [1.82, 2.24) is 0 Å². The molecule has 0 aliphatic carbocycles. The second kappa shape index (κ2) is 5.84. The standard InChI is InChI=1S/C14H10Br2ClNO2/c15-10-5-9(1-2-12(10)17)18-6-8-3-11(16)14-13(4-8)19-7-20-14/h1-5,18H,6-7H2. The van der Waals surface area contributed by atoms with Gasteiger partial charge in [0.1, 0.15) is 0 Å². The third-order valence-corrected chi connectivity index (χ3v) is 4.71. The Balaban J connectivity index is 1.75. The zero-order valence-corrected chi connectivity index (χ0v) is 14.2. The maximum Gasteiger partial charge on any atom is 0.231 e. The van der Waals surface area contributed by atoms with Crippen molar-refractivity contribution in [3.8, 4) is 11.5 Å². The minimum atomic E-state index is 0.273. The molecule has 1 heterocycles. The third-order valence-electron chi connectivity index (χ3n) is 2.90. The van der Waals surface area contributed by atoms with Crippen LogP contribution in [-0.4, -0.2) is 6.79 Å². The van der Waals surface area contributed by atoms with Crippen LogP contribution in [0.3, 0.4) is 0 Å². The van der Waals surface area contributed by atoms with Crippen molar-refractivity contribution in [1.29, 1.82) is 0 Å². The fourth-order valence-electron chi connectivity index (χ4n) is 1.93. The smallest absolute Gasteiger partial charge is 0.231 e. The summed E-state index contributed by atoms with van der Waals surface area (Å²) in [4.78, 5) is 0. The molecule has 1 N–H and O–H groups in total. The molecule has 0 unspecified atom stereocenters. The summed E-state index contributed by atoms with van der Waals surface area (Å²) < 4.78 is 12.5. The second-order valence-corrected chi connectivity index (χ2v) is 6.41. The topological polar surface area (TPSA) is 30.5 Å². The van der Waals surface area contributed by atoms with E-state index in [0.29, 0.717) is 11.6 Å². The summed E-state index contributed by atoms with van der Waals surface area (Å²) in [5.74, 6) is 1.54. The minimum absolute atomic E-state index is 0.273. The molecular formula is C14H10Br2ClNO2. The van der Waals surface area contributed by atoms with Crippen molar-refractivity contribution in [3.63, 3.8) is 0 Å². The number of hydrogen-bond donors (Lipinski definition) is 1. The predicted molar refractivity (Wildman–Crippen MR) is 86.7 cm³/mol. The summed E-state index contributed by atoms with van der Waals surface area (Å²) in [5, 5.41) is 4.04. The molecule has 0 saturated heterocycles. The predicted octanol–water partition coefficient (Wildman–Crippen LogP) is 5.21. The van der Waals surface area contributed by atoms with E-state index in [1.807, 2.05) is 30.3 Å². The van der Waals surface area contributed by atoms with Crippen LogP contribution in [0.25, 0.3) is 0 Å². The summed E-state index contributed by atoms with van der Waals surface area (Å²) in [6.45, 7) is 0.957. The monoisotopic (exact) mass is 417 g/mol. The first kappa shape index (κ1) is 14.0. The Kier molecular flexibility index (Phi) is 4.10. The fourth-order valence-corrected chi connectivity index (χ4v) is 3.03. The van der Waals surface area contributed by atoms with E-state index in [1.54, 1.807) is 0 Å². The van der Waals surface area contributed by atoms with E-state index in [4.69, 9.17) is 21.1 Å². The second-order valence-electron chi connectivity index (χ2n) is 4.29. The zero-order chi connectivity index (χ0) is 14.1.